The molecule has 1 aromatic carbocycles. The molecule has 3 aromatic heterocycles. The zero-order valence-electron chi connectivity index (χ0n) is 16.8. The third-order valence-electron chi connectivity index (χ3n) is 4.50. The van der Waals surface area contributed by atoms with Crippen LogP contribution in [0.15, 0.2) is 53.9 Å². The van der Waals surface area contributed by atoms with Gasteiger partial charge >= 0.3 is 12.5 Å². The van der Waals surface area contributed by atoms with E-state index in [-0.39, 0.29) is 11.3 Å². The molecule has 0 fully saturated rings. The van der Waals surface area contributed by atoms with E-state index in [4.69, 9.17) is 0 Å². The number of ether oxygens (including phenoxy) is 1. The lowest BCUT2D eigenvalue weighted by Crippen LogP contribution is -2.20. The maximum atomic E-state index is 12.9. The van der Waals surface area contributed by atoms with E-state index in [0.717, 1.165) is 40.1 Å². The van der Waals surface area contributed by atoms with Crippen LogP contribution >= 0.6 is 0 Å². The van der Waals surface area contributed by atoms with Crippen LogP contribution in [0.1, 0.15) is 5.56 Å². The van der Waals surface area contributed by atoms with E-state index < -0.39 is 44.5 Å². The minimum Gasteiger partial charge on any atom is -0.403 e. The number of rotatable bonds is 5. The van der Waals surface area contributed by atoms with Crippen molar-refractivity contribution in [3.8, 4) is 11.6 Å². The minimum atomic E-state index is -5.12. The third kappa shape index (κ3) is 4.61. The number of anilines is 1. The number of aryl methyl sites for hydroxylation is 1. The number of aromatic nitrogens is 5. The number of hydrogen-bond acceptors (Lipinski definition) is 6. The lowest BCUT2D eigenvalue weighted by Gasteiger charge is -2.16. The monoisotopic (exact) mass is 506 g/mol. The Kier molecular flexibility index (Phi) is 5.42. The molecule has 0 bridgehead atoms. The summed E-state index contributed by atoms with van der Waals surface area (Å²) in [6.45, 7) is 0. The number of nitrogens with zero attached hydrogens (tertiary/aromatic N) is 5. The van der Waals surface area contributed by atoms with Crippen LogP contribution in [0.25, 0.3) is 16.7 Å². The molecule has 0 aliphatic carbocycles. The summed E-state index contributed by atoms with van der Waals surface area (Å²) in [5, 5.41) is 7.92. The standard InChI is InChI=1S/C18H12F6N6O3S/c1-29-16-10(7-26-29)2-3-13(33-18(22,23)24)15(16)28-34(31,32)12-8-27-30(9-12)14-6-11(4-5-25-14)17(19,20)21/h2-9,28H,1H3. The Labute approximate surface area is 186 Å². The van der Waals surface area contributed by atoms with Crippen LogP contribution in [-0.2, 0) is 23.2 Å². The quantitative estimate of drug-likeness (QED) is 0.412. The Bertz CT molecular complexity index is 1480. The number of alkyl halides is 6. The van der Waals surface area contributed by atoms with Gasteiger partial charge in [0.25, 0.3) is 10.0 Å². The van der Waals surface area contributed by atoms with Gasteiger partial charge in [0, 0.05) is 18.6 Å². The zero-order valence-corrected chi connectivity index (χ0v) is 17.6. The van der Waals surface area contributed by atoms with Crippen molar-refractivity contribution in [2.45, 2.75) is 17.4 Å². The highest BCUT2D eigenvalue weighted by molar-refractivity contribution is 7.92. The second kappa shape index (κ2) is 7.89. The average Bonchev–Trinajstić information content (AvgIpc) is 3.36. The fraction of sp³-hybridized carbons (Fsp3) is 0.167. The van der Waals surface area contributed by atoms with Gasteiger partial charge in [-0.1, -0.05) is 0 Å². The van der Waals surface area contributed by atoms with Gasteiger partial charge in [-0.05, 0) is 24.3 Å². The molecule has 4 rings (SSSR count). The fourth-order valence-electron chi connectivity index (χ4n) is 3.04. The summed E-state index contributed by atoms with van der Waals surface area (Å²) >= 11 is 0. The molecule has 0 saturated carbocycles. The van der Waals surface area contributed by atoms with Gasteiger partial charge in [0.15, 0.2) is 11.6 Å². The summed E-state index contributed by atoms with van der Waals surface area (Å²) in [5.41, 5.74) is -1.58. The molecule has 0 aliphatic heterocycles. The molecule has 34 heavy (non-hydrogen) atoms. The van der Waals surface area contributed by atoms with Crippen LogP contribution < -0.4 is 9.46 Å². The largest absolute Gasteiger partial charge is 0.573 e. The van der Waals surface area contributed by atoms with Crippen LogP contribution in [0.5, 0.6) is 5.75 Å². The zero-order chi connectivity index (χ0) is 24.9. The second-order valence-corrected chi connectivity index (χ2v) is 8.50. The third-order valence-corrected chi connectivity index (χ3v) is 5.81. The van der Waals surface area contributed by atoms with Gasteiger partial charge in [-0.15, -0.1) is 13.2 Å². The predicted molar refractivity (Wildman–Crippen MR) is 105 cm³/mol. The van der Waals surface area contributed by atoms with E-state index in [2.05, 4.69) is 19.9 Å². The SMILES string of the molecule is Cn1ncc2ccc(OC(F)(F)F)c(NS(=O)(=O)c3cnn(-c4cc(C(F)(F)F)ccn4)c3)c21. The highest BCUT2D eigenvalue weighted by atomic mass is 32.2. The molecule has 0 spiro atoms. The summed E-state index contributed by atoms with van der Waals surface area (Å²) in [5.74, 6) is -1.16. The molecule has 9 nitrogen and oxygen atoms in total. The lowest BCUT2D eigenvalue weighted by atomic mass is 10.2. The summed E-state index contributed by atoms with van der Waals surface area (Å²) in [7, 11) is -3.19. The van der Waals surface area contributed by atoms with Crippen molar-refractivity contribution in [1.82, 2.24) is 24.5 Å². The molecule has 4 aromatic rings. The topological polar surface area (TPSA) is 104 Å². The summed E-state index contributed by atoms with van der Waals surface area (Å²) in [6, 6.07) is 3.56. The highest BCUT2D eigenvalue weighted by Crippen LogP contribution is 2.37. The maximum Gasteiger partial charge on any atom is 0.573 e. The van der Waals surface area contributed by atoms with E-state index in [1.807, 2.05) is 4.72 Å². The molecule has 0 saturated heterocycles. The maximum absolute atomic E-state index is 12.9. The molecular weight excluding hydrogens is 494 g/mol. The Balaban J connectivity index is 1.74. The van der Waals surface area contributed by atoms with Crippen LogP contribution in [-0.4, -0.2) is 39.3 Å². The molecule has 0 aliphatic rings. The Morgan fingerprint density at radius 1 is 1.03 bits per heavy atom. The molecular formula is C18H12F6N6O3S. The van der Waals surface area contributed by atoms with Gasteiger partial charge in [0.2, 0.25) is 0 Å². The number of hydrogen-bond donors (Lipinski definition) is 1. The van der Waals surface area contributed by atoms with Crippen molar-refractivity contribution in [1.29, 1.82) is 0 Å². The molecule has 16 heteroatoms. The van der Waals surface area contributed by atoms with Crippen molar-refractivity contribution < 1.29 is 39.5 Å². The first-order valence-corrected chi connectivity index (χ1v) is 10.5. The molecule has 0 amide bonds. The van der Waals surface area contributed by atoms with Gasteiger partial charge in [-0.2, -0.15) is 23.4 Å². The molecule has 1 N–H and O–H groups in total. The van der Waals surface area contributed by atoms with E-state index in [1.54, 1.807) is 0 Å². The normalized spacial score (nSPS) is 12.8. The van der Waals surface area contributed by atoms with Gasteiger partial charge in [0.05, 0.1) is 29.7 Å². The molecule has 0 atom stereocenters. The van der Waals surface area contributed by atoms with Crippen LogP contribution in [0.2, 0.25) is 0 Å². The highest BCUT2D eigenvalue weighted by Gasteiger charge is 2.34. The van der Waals surface area contributed by atoms with E-state index in [9.17, 15) is 34.8 Å². The lowest BCUT2D eigenvalue weighted by molar-refractivity contribution is -0.274. The van der Waals surface area contributed by atoms with Gasteiger partial charge in [-0.3, -0.25) is 9.40 Å². The van der Waals surface area contributed by atoms with Gasteiger partial charge in [0.1, 0.15) is 10.6 Å². The van der Waals surface area contributed by atoms with Crippen molar-refractivity contribution in [3.05, 3.63) is 54.6 Å². The Morgan fingerprint density at radius 3 is 2.44 bits per heavy atom. The van der Waals surface area contributed by atoms with E-state index in [1.165, 1.54) is 19.3 Å². The Morgan fingerprint density at radius 2 is 1.76 bits per heavy atom. The summed E-state index contributed by atoms with van der Waals surface area (Å²) in [4.78, 5) is 3.18. The van der Waals surface area contributed by atoms with Gasteiger partial charge < -0.3 is 4.74 Å². The predicted octanol–water partition coefficient (Wildman–Crippen LogP) is 3.87. The summed E-state index contributed by atoms with van der Waals surface area (Å²) < 4.78 is 111. The molecule has 3 heterocycles. The number of fused-ring (bicyclic) bond motifs is 1. The minimum absolute atomic E-state index is 0.00254. The number of benzene rings is 1. The van der Waals surface area contributed by atoms with E-state index in [0.29, 0.717) is 11.5 Å². The van der Waals surface area contributed by atoms with Gasteiger partial charge in [-0.25, -0.2) is 18.1 Å². The first-order valence-electron chi connectivity index (χ1n) is 9.06. The number of halogens is 6. The van der Waals surface area contributed by atoms with Crippen LogP contribution in [0, 0.1) is 0 Å². The smallest absolute Gasteiger partial charge is 0.403 e. The number of nitrogens with one attached hydrogen (secondary N) is 1. The number of pyridine rings is 1. The number of sulfonamides is 1. The molecule has 180 valence electrons. The van der Waals surface area contributed by atoms with Crippen molar-refractivity contribution in [3.63, 3.8) is 0 Å². The van der Waals surface area contributed by atoms with Crippen LogP contribution in [0.3, 0.4) is 0 Å². The van der Waals surface area contributed by atoms with E-state index >= 15 is 0 Å². The fourth-order valence-corrected chi connectivity index (χ4v) is 4.05. The van der Waals surface area contributed by atoms with Crippen molar-refractivity contribution in [2.75, 3.05) is 4.72 Å². The summed E-state index contributed by atoms with van der Waals surface area (Å²) in [6.07, 6.45) is -5.95. The first kappa shape index (κ1) is 23.3. The van der Waals surface area contributed by atoms with Crippen molar-refractivity contribution >= 4 is 26.6 Å². The second-order valence-electron chi connectivity index (χ2n) is 6.82. The molecule has 0 unspecified atom stereocenters. The average molecular weight is 506 g/mol. The molecule has 0 radical (unpaired) electrons. The Hall–Kier alpha value is -3.82. The van der Waals surface area contributed by atoms with Crippen molar-refractivity contribution in [2.24, 2.45) is 7.05 Å². The van der Waals surface area contributed by atoms with Crippen LogP contribution in [0.4, 0.5) is 32.0 Å². The first-order chi connectivity index (χ1) is 15.7.